The molecule has 0 aliphatic heterocycles. The predicted molar refractivity (Wildman–Crippen MR) is 140 cm³/mol. The van der Waals surface area contributed by atoms with Crippen LogP contribution in [0, 0.1) is 11.7 Å². The summed E-state index contributed by atoms with van der Waals surface area (Å²) in [6.45, 7) is -0.0587. The second-order valence-electron chi connectivity index (χ2n) is 9.34. The molecule has 6 nitrogen and oxygen atoms in total. The molecule has 2 N–H and O–H groups in total. The number of carbonyl (C=O) groups is 2. The van der Waals surface area contributed by atoms with E-state index in [2.05, 4.69) is 5.32 Å². The number of ether oxygens (including phenoxy) is 2. The molecule has 37 heavy (non-hydrogen) atoms. The van der Waals surface area contributed by atoms with Gasteiger partial charge in [-0.25, -0.2) is 9.18 Å². The van der Waals surface area contributed by atoms with Crippen LogP contribution in [-0.2, 0) is 4.79 Å². The standard InChI is InChI=1S/C30H32FNO5/c1-36-23-14-12-21(13-15-23)25-17-22(30(35)32-16-6-9-20-7-2-3-8-20)18-26(29(25)37-19-28(33)34)24-10-4-5-11-27(24)31/h4-5,10-15,17-18,20H,2-3,6-9,16,19H2,1H3,(H,32,35)(H,33,34). The average molecular weight is 506 g/mol. The highest BCUT2D eigenvalue weighted by Crippen LogP contribution is 2.41. The van der Waals surface area contributed by atoms with Gasteiger partial charge < -0.3 is 19.9 Å². The van der Waals surface area contributed by atoms with Crippen molar-refractivity contribution in [2.24, 2.45) is 5.92 Å². The van der Waals surface area contributed by atoms with Crippen molar-refractivity contribution in [3.8, 4) is 33.8 Å². The summed E-state index contributed by atoms with van der Waals surface area (Å²) in [5.41, 5.74) is 2.03. The molecule has 0 radical (unpaired) electrons. The quantitative estimate of drug-likeness (QED) is 0.298. The number of benzene rings is 3. The number of carboxylic acid groups (broad SMARTS) is 1. The Hall–Kier alpha value is -3.87. The van der Waals surface area contributed by atoms with E-state index in [-0.39, 0.29) is 17.2 Å². The maximum atomic E-state index is 14.9. The number of hydrogen-bond donors (Lipinski definition) is 2. The van der Waals surface area contributed by atoms with Gasteiger partial charge in [-0.15, -0.1) is 0 Å². The number of hydrogen-bond acceptors (Lipinski definition) is 4. The molecule has 194 valence electrons. The molecule has 1 fully saturated rings. The molecule has 0 saturated heterocycles. The number of nitrogens with one attached hydrogen (secondary N) is 1. The van der Waals surface area contributed by atoms with E-state index in [0.29, 0.717) is 34.5 Å². The Morgan fingerprint density at radius 2 is 1.70 bits per heavy atom. The van der Waals surface area contributed by atoms with Gasteiger partial charge in [0.2, 0.25) is 0 Å². The zero-order valence-electron chi connectivity index (χ0n) is 21.0. The van der Waals surface area contributed by atoms with Gasteiger partial charge in [-0.3, -0.25) is 4.79 Å². The number of amides is 1. The zero-order chi connectivity index (χ0) is 26.2. The number of rotatable bonds is 11. The molecule has 0 heterocycles. The maximum Gasteiger partial charge on any atom is 0.341 e. The molecule has 1 amide bonds. The lowest BCUT2D eigenvalue weighted by Crippen LogP contribution is -2.25. The first kappa shape index (κ1) is 26.2. The Morgan fingerprint density at radius 1 is 1.00 bits per heavy atom. The molecule has 3 aromatic rings. The summed E-state index contributed by atoms with van der Waals surface area (Å²) in [5, 5.41) is 12.3. The fourth-order valence-corrected chi connectivity index (χ4v) is 4.91. The van der Waals surface area contributed by atoms with Crippen molar-refractivity contribution >= 4 is 11.9 Å². The number of carboxylic acids is 1. The van der Waals surface area contributed by atoms with Gasteiger partial charge in [0.05, 0.1) is 7.11 Å². The lowest BCUT2D eigenvalue weighted by atomic mass is 9.93. The first-order valence-electron chi connectivity index (χ1n) is 12.7. The minimum Gasteiger partial charge on any atom is -0.497 e. The zero-order valence-corrected chi connectivity index (χ0v) is 21.0. The third-order valence-corrected chi connectivity index (χ3v) is 6.81. The molecule has 0 unspecified atom stereocenters. The van der Waals surface area contributed by atoms with Crippen LogP contribution in [0.15, 0.2) is 60.7 Å². The Kier molecular flexibility index (Phi) is 8.77. The van der Waals surface area contributed by atoms with Crippen molar-refractivity contribution in [1.29, 1.82) is 0 Å². The number of carbonyl (C=O) groups excluding carboxylic acids is 1. The highest BCUT2D eigenvalue weighted by atomic mass is 19.1. The summed E-state index contributed by atoms with van der Waals surface area (Å²) in [6, 6.07) is 16.5. The molecule has 0 spiro atoms. The Morgan fingerprint density at radius 3 is 2.38 bits per heavy atom. The molecule has 1 saturated carbocycles. The van der Waals surface area contributed by atoms with Gasteiger partial charge in [0.25, 0.3) is 5.91 Å². The minimum absolute atomic E-state index is 0.190. The van der Waals surface area contributed by atoms with Crippen LogP contribution in [0.2, 0.25) is 0 Å². The molecular weight excluding hydrogens is 473 g/mol. The van der Waals surface area contributed by atoms with Crippen LogP contribution in [0.4, 0.5) is 4.39 Å². The van der Waals surface area contributed by atoms with Crippen LogP contribution in [0.5, 0.6) is 11.5 Å². The molecule has 7 heteroatoms. The van der Waals surface area contributed by atoms with Gasteiger partial charge >= 0.3 is 5.97 Å². The average Bonchev–Trinajstić information content (AvgIpc) is 3.43. The van der Waals surface area contributed by atoms with E-state index in [9.17, 15) is 19.1 Å². The largest absolute Gasteiger partial charge is 0.497 e. The second-order valence-corrected chi connectivity index (χ2v) is 9.34. The fraction of sp³-hybridized carbons (Fsp3) is 0.333. The van der Waals surface area contributed by atoms with Crippen molar-refractivity contribution in [3.63, 3.8) is 0 Å². The van der Waals surface area contributed by atoms with E-state index in [4.69, 9.17) is 9.47 Å². The summed E-state index contributed by atoms with van der Waals surface area (Å²) in [4.78, 5) is 24.6. The summed E-state index contributed by atoms with van der Waals surface area (Å²) in [6.07, 6.45) is 7.12. The molecule has 3 aromatic carbocycles. The topological polar surface area (TPSA) is 84.9 Å². The monoisotopic (exact) mass is 505 g/mol. The SMILES string of the molecule is COc1ccc(-c2cc(C(=O)NCCCC3CCCC3)cc(-c3ccccc3F)c2OCC(=O)O)cc1. The van der Waals surface area contributed by atoms with Gasteiger partial charge in [0.1, 0.15) is 17.3 Å². The van der Waals surface area contributed by atoms with Crippen molar-refractivity contribution in [2.75, 3.05) is 20.3 Å². The first-order chi connectivity index (χ1) is 18.0. The van der Waals surface area contributed by atoms with Crippen LogP contribution < -0.4 is 14.8 Å². The maximum absolute atomic E-state index is 14.9. The van der Waals surface area contributed by atoms with Gasteiger partial charge in [-0.05, 0) is 54.7 Å². The first-order valence-corrected chi connectivity index (χ1v) is 12.7. The lowest BCUT2D eigenvalue weighted by molar-refractivity contribution is -0.139. The van der Waals surface area contributed by atoms with E-state index in [1.54, 1.807) is 61.7 Å². The molecule has 0 atom stereocenters. The highest BCUT2D eigenvalue weighted by Gasteiger charge is 2.21. The van der Waals surface area contributed by atoms with E-state index < -0.39 is 18.4 Å². The van der Waals surface area contributed by atoms with Crippen LogP contribution >= 0.6 is 0 Å². The van der Waals surface area contributed by atoms with Gasteiger partial charge in [-0.2, -0.15) is 0 Å². The lowest BCUT2D eigenvalue weighted by Gasteiger charge is -2.18. The Balaban J connectivity index is 1.72. The van der Waals surface area contributed by atoms with E-state index in [1.165, 1.54) is 31.7 Å². The number of methoxy groups -OCH3 is 1. The van der Waals surface area contributed by atoms with Crippen LogP contribution in [0.3, 0.4) is 0 Å². The molecule has 4 rings (SSSR count). The normalized spacial score (nSPS) is 13.4. The van der Waals surface area contributed by atoms with Crippen LogP contribution in [0.1, 0.15) is 48.9 Å². The van der Waals surface area contributed by atoms with Crippen molar-refractivity contribution in [3.05, 3.63) is 72.0 Å². The molecule has 0 bridgehead atoms. The number of aliphatic carboxylic acids is 1. The summed E-state index contributed by atoms with van der Waals surface area (Å²) in [5.74, 6) is -0.361. The van der Waals surface area contributed by atoms with Crippen LogP contribution in [-0.4, -0.2) is 37.2 Å². The fourth-order valence-electron chi connectivity index (χ4n) is 4.91. The van der Waals surface area contributed by atoms with Crippen molar-refractivity contribution in [1.82, 2.24) is 5.32 Å². The predicted octanol–water partition coefficient (Wildman–Crippen LogP) is 6.33. The molecule has 1 aliphatic rings. The summed E-state index contributed by atoms with van der Waals surface area (Å²) < 4.78 is 25.9. The molecule has 0 aromatic heterocycles. The van der Waals surface area contributed by atoms with Gasteiger partial charge in [-0.1, -0.05) is 56.0 Å². The summed E-state index contributed by atoms with van der Waals surface area (Å²) in [7, 11) is 1.56. The third-order valence-electron chi connectivity index (χ3n) is 6.81. The Labute approximate surface area is 216 Å². The van der Waals surface area contributed by atoms with E-state index in [1.807, 2.05) is 0 Å². The van der Waals surface area contributed by atoms with Crippen LogP contribution in [0.25, 0.3) is 22.3 Å². The second kappa shape index (κ2) is 12.4. The third kappa shape index (κ3) is 6.67. The number of halogens is 1. The molecular formula is C30H32FNO5. The van der Waals surface area contributed by atoms with Crippen molar-refractivity contribution < 1.29 is 28.6 Å². The van der Waals surface area contributed by atoms with E-state index >= 15 is 0 Å². The molecule has 1 aliphatic carbocycles. The van der Waals surface area contributed by atoms with E-state index in [0.717, 1.165) is 18.8 Å². The Bertz CT molecular complexity index is 1240. The van der Waals surface area contributed by atoms with Crippen molar-refractivity contribution in [2.45, 2.75) is 38.5 Å². The minimum atomic E-state index is -1.16. The highest BCUT2D eigenvalue weighted by molar-refractivity contribution is 5.99. The van der Waals surface area contributed by atoms with Gasteiger partial charge in [0.15, 0.2) is 6.61 Å². The smallest absolute Gasteiger partial charge is 0.341 e. The van der Waals surface area contributed by atoms with Gasteiger partial charge in [0, 0.05) is 28.8 Å². The summed E-state index contributed by atoms with van der Waals surface area (Å²) >= 11 is 0.